The quantitative estimate of drug-likeness (QED) is 0.872. The molecule has 0 unspecified atom stereocenters. The van der Waals surface area contributed by atoms with Gasteiger partial charge < -0.3 is 11.1 Å². The fourth-order valence-electron chi connectivity index (χ4n) is 2.16. The van der Waals surface area contributed by atoms with Crippen molar-refractivity contribution in [1.29, 1.82) is 0 Å². The maximum absolute atomic E-state index is 12.1. The van der Waals surface area contributed by atoms with Crippen molar-refractivity contribution in [1.82, 2.24) is 5.32 Å². The van der Waals surface area contributed by atoms with E-state index in [1.807, 2.05) is 12.1 Å². The molecular weight excluding hydrogens is 311 g/mol. The van der Waals surface area contributed by atoms with E-state index >= 15 is 0 Å². The van der Waals surface area contributed by atoms with Gasteiger partial charge in [0.15, 0.2) is 0 Å². The molecule has 0 saturated heterocycles. The first-order valence-electron chi connectivity index (χ1n) is 6.75. The van der Waals surface area contributed by atoms with Crippen molar-refractivity contribution in [2.45, 2.75) is 26.2 Å². The van der Waals surface area contributed by atoms with E-state index in [4.69, 9.17) is 28.9 Å². The number of nitrogens with two attached hydrogens (primary N) is 1. The molecule has 114 valence electrons. The number of nitrogens with one attached hydrogen (secondary N) is 1. The van der Waals surface area contributed by atoms with Crippen LogP contribution >= 0.6 is 23.2 Å². The number of hydrogen-bond donors (Lipinski definition) is 2. The van der Waals surface area contributed by atoms with Gasteiger partial charge in [-0.1, -0.05) is 35.3 Å². The van der Waals surface area contributed by atoms with E-state index in [0.717, 1.165) is 12.0 Å². The van der Waals surface area contributed by atoms with Gasteiger partial charge >= 0.3 is 0 Å². The number of halogens is 2. The van der Waals surface area contributed by atoms with Crippen molar-refractivity contribution < 1.29 is 9.59 Å². The minimum atomic E-state index is -0.756. The van der Waals surface area contributed by atoms with Gasteiger partial charge in [-0.3, -0.25) is 9.59 Å². The zero-order valence-electron chi connectivity index (χ0n) is 12.0. The van der Waals surface area contributed by atoms with Crippen LogP contribution in [0.1, 0.15) is 31.7 Å². The third-order valence-corrected chi connectivity index (χ3v) is 4.71. The average Bonchev–Trinajstić information content (AvgIpc) is 3.19. The monoisotopic (exact) mass is 328 g/mol. The van der Waals surface area contributed by atoms with E-state index in [2.05, 4.69) is 5.32 Å². The molecule has 3 N–H and O–H groups in total. The first-order valence-corrected chi connectivity index (χ1v) is 7.51. The van der Waals surface area contributed by atoms with Crippen LogP contribution in [0.4, 0.5) is 0 Å². The Morgan fingerprint density at radius 1 is 1.38 bits per heavy atom. The van der Waals surface area contributed by atoms with Gasteiger partial charge in [0.2, 0.25) is 11.8 Å². The van der Waals surface area contributed by atoms with Crippen molar-refractivity contribution in [2.75, 3.05) is 6.54 Å². The number of carbonyl (C=O) groups is 2. The van der Waals surface area contributed by atoms with Crippen molar-refractivity contribution in [2.24, 2.45) is 17.1 Å². The predicted octanol–water partition coefficient (Wildman–Crippen LogP) is 2.72. The van der Waals surface area contributed by atoms with Gasteiger partial charge in [-0.15, -0.1) is 0 Å². The van der Waals surface area contributed by atoms with Crippen molar-refractivity contribution in [3.8, 4) is 0 Å². The highest BCUT2D eigenvalue weighted by atomic mass is 35.5. The maximum Gasteiger partial charge on any atom is 0.224 e. The lowest BCUT2D eigenvalue weighted by atomic mass is 9.92. The molecule has 0 spiro atoms. The molecule has 6 heteroatoms. The molecule has 0 aromatic heterocycles. The Hall–Kier alpha value is -1.26. The summed E-state index contributed by atoms with van der Waals surface area (Å²) >= 11 is 12.1. The summed E-state index contributed by atoms with van der Waals surface area (Å²) in [6.07, 6.45) is 0.739. The van der Waals surface area contributed by atoms with Crippen LogP contribution in [-0.2, 0) is 9.59 Å². The normalized spacial score (nSPS) is 21.0. The molecule has 0 radical (unpaired) electrons. The molecule has 2 amide bonds. The van der Waals surface area contributed by atoms with Crippen LogP contribution < -0.4 is 11.1 Å². The molecule has 2 atom stereocenters. The summed E-state index contributed by atoms with van der Waals surface area (Å²) in [6, 6.07) is 5.44. The minimum Gasteiger partial charge on any atom is -0.369 e. The van der Waals surface area contributed by atoms with Gasteiger partial charge in [0.05, 0.1) is 15.5 Å². The van der Waals surface area contributed by atoms with E-state index in [1.165, 1.54) is 0 Å². The van der Waals surface area contributed by atoms with Gasteiger partial charge in [0.1, 0.15) is 0 Å². The SMILES string of the molecule is CC(C)(CNC(=O)[C@@H]1C[C@@H]1c1cccc(Cl)c1Cl)C(N)=O. The molecule has 1 aromatic rings. The first-order chi connectivity index (χ1) is 9.74. The molecule has 21 heavy (non-hydrogen) atoms. The molecule has 4 nitrogen and oxygen atoms in total. The van der Waals surface area contributed by atoms with Crippen molar-refractivity contribution in [3.05, 3.63) is 33.8 Å². The molecule has 0 heterocycles. The van der Waals surface area contributed by atoms with Gasteiger partial charge in [0.25, 0.3) is 0 Å². The summed E-state index contributed by atoms with van der Waals surface area (Å²) in [5.41, 5.74) is 5.43. The Bertz CT molecular complexity index is 587. The van der Waals surface area contributed by atoms with Crippen LogP contribution in [0, 0.1) is 11.3 Å². The zero-order chi connectivity index (χ0) is 15.8. The third kappa shape index (κ3) is 3.50. The number of rotatable bonds is 5. The van der Waals surface area contributed by atoms with Crippen LogP contribution in [0.25, 0.3) is 0 Å². The Morgan fingerprint density at radius 2 is 2.05 bits per heavy atom. The van der Waals surface area contributed by atoms with E-state index in [9.17, 15) is 9.59 Å². The number of benzene rings is 1. The number of primary amides is 1. The van der Waals surface area contributed by atoms with Gasteiger partial charge in [-0.2, -0.15) is 0 Å². The lowest BCUT2D eigenvalue weighted by molar-refractivity contribution is -0.127. The van der Waals surface area contributed by atoms with Crippen LogP contribution in [0.15, 0.2) is 18.2 Å². The lowest BCUT2D eigenvalue weighted by Gasteiger charge is -2.20. The Morgan fingerprint density at radius 3 is 2.67 bits per heavy atom. The second kappa shape index (κ2) is 5.85. The molecule has 0 aliphatic heterocycles. The van der Waals surface area contributed by atoms with Crippen LogP contribution in [0.2, 0.25) is 10.0 Å². The number of hydrogen-bond acceptors (Lipinski definition) is 2. The molecule has 1 fully saturated rings. The molecule has 2 rings (SSSR count). The summed E-state index contributed by atoms with van der Waals surface area (Å²) in [5.74, 6) is -0.545. The largest absolute Gasteiger partial charge is 0.369 e. The third-order valence-electron chi connectivity index (χ3n) is 3.88. The van der Waals surface area contributed by atoms with Crippen LogP contribution in [0.3, 0.4) is 0 Å². The summed E-state index contributed by atoms with van der Waals surface area (Å²) in [5, 5.41) is 3.79. The molecule has 1 saturated carbocycles. The van der Waals surface area contributed by atoms with Gasteiger partial charge in [-0.05, 0) is 37.8 Å². The Balaban J connectivity index is 1.96. The van der Waals surface area contributed by atoms with E-state index in [-0.39, 0.29) is 24.3 Å². The fourth-order valence-corrected chi connectivity index (χ4v) is 2.61. The zero-order valence-corrected chi connectivity index (χ0v) is 13.5. The van der Waals surface area contributed by atoms with Gasteiger partial charge in [-0.25, -0.2) is 0 Å². The van der Waals surface area contributed by atoms with E-state index < -0.39 is 11.3 Å². The highest BCUT2D eigenvalue weighted by Gasteiger charge is 2.45. The summed E-state index contributed by atoms with van der Waals surface area (Å²) in [4.78, 5) is 23.3. The summed E-state index contributed by atoms with van der Waals surface area (Å²) in [7, 11) is 0. The molecule has 1 aliphatic carbocycles. The second-order valence-corrected chi connectivity index (χ2v) is 6.84. The summed E-state index contributed by atoms with van der Waals surface area (Å²) < 4.78 is 0. The number of amides is 2. The molecule has 1 aliphatic rings. The Kier molecular flexibility index (Phi) is 4.49. The summed E-state index contributed by atoms with van der Waals surface area (Å²) in [6.45, 7) is 3.63. The number of carbonyl (C=O) groups excluding carboxylic acids is 2. The lowest BCUT2D eigenvalue weighted by Crippen LogP contribution is -2.42. The van der Waals surface area contributed by atoms with Crippen LogP contribution in [-0.4, -0.2) is 18.4 Å². The standard InChI is InChI=1S/C15H18Cl2N2O2/c1-15(2,14(18)21)7-19-13(20)10-6-9(10)8-4-3-5-11(16)12(8)17/h3-5,9-10H,6-7H2,1-2H3,(H2,18,21)(H,19,20)/t9-,10-/m1/s1. The smallest absolute Gasteiger partial charge is 0.224 e. The first kappa shape index (κ1) is 16.1. The Labute approximate surface area is 134 Å². The van der Waals surface area contributed by atoms with E-state index in [0.29, 0.717) is 10.0 Å². The second-order valence-electron chi connectivity index (χ2n) is 6.06. The van der Waals surface area contributed by atoms with Crippen LogP contribution in [0.5, 0.6) is 0 Å². The average molecular weight is 329 g/mol. The molecule has 1 aromatic carbocycles. The predicted molar refractivity (Wildman–Crippen MR) is 83.3 cm³/mol. The molecular formula is C15H18Cl2N2O2. The minimum absolute atomic E-state index is 0.0784. The van der Waals surface area contributed by atoms with Crippen molar-refractivity contribution in [3.63, 3.8) is 0 Å². The van der Waals surface area contributed by atoms with Gasteiger partial charge in [0, 0.05) is 12.5 Å². The highest BCUT2D eigenvalue weighted by molar-refractivity contribution is 6.42. The highest BCUT2D eigenvalue weighted by Crippen LogP contribution is 2.50. The maximum atomic E-state index is 12.1. The molecule has 0 bridgehead atoms. The van der Waals surface area contributed by atoms with E-state index in [1.54, 1.807) is 19.9 Å². The topological polar surface area (TPSA) is 72.2 Å². The van der Waals surface area contributed by atoms with Crippen molar-refractivity contribution >= 4 is 35.0 Å². The fraction of sp³-hybridized carbons (Fsp3) is 0.467.